The minimum Gasteiger partial charge on any atom is -0.457 e. The summed E-state index contributed by atoms with van der Waals surface area (Å²) in [5.74, 6) is 1.64. The maximum absolute atomic E-state index is 8.90. The zero-order valence-electron chi connectivity index (χ0n) is 11.4. The Morgan fingerprint density at radius 1 is 1.15 bits per heavy atom. The van der Waals surface area contributed by atoms with Gasteiger partial charge in [-0.1, -0.05) is 28.1 Å². The van der Waals surface area contributed by atoms with Gasteiger partial charge < -0.3 is 15.2 Å². The molecule has 3 nitrogen and oxygen atoms in total. The van der Waals surface area contributed by atoms with Crippen molar-refractivity contribution in [2.45, 2.75) is 13.0 Å². The Bertz CT molecular complexity index is 555. The lowest BCUT2D eigenvalue weighted by Crippen LogP contribution is -2.06. The molecule has 20 heavy (non-hydrogen) atoms. The molecule has 106 valence electrons. The second-order valence-corrected chi connectivity index (χ2v) is 5.42. The van der Waals surface area contributed by atoms with Gasteiger partial charge in [0.25, 0.3) is 0 Å². The third kappa shape index (κ3) is 4.07. The topological polar surface area (TPSA) is 41.5 Å². The summed E-state index contributed by atoms with van der Waals surface area (Å²) in [5.41, 5.74) is 2.20. The molecule has 2 aromatic carbocycles. The van der Waals surface area contributed by atoms with Crippen LogP contribution in [0.25, 0.3) is 0 Å². The quantitative estimate of drug-likeness (QED) is 0.848. The van der Waals surface area contributed by atoms with Crippen molar-refractivity contribution in [2.75, 3.05) is 13.7 Å². The Balaban J connectivity index is 2.16. The van der Waals surface area contributed by atoms with Crippen molar-refractivity contribution in [3.63, 3.8) is 0 Å². The minimum atomic E-state index is 0.166. The van der Waals surface area contributed by atoms with E-state index in [1.54, 1.807) is 0 Å². The van der Waals surface area contributed by atoms with Gasteiger partial charge in [-0.25, -0.2) is 0 Å². The monoisotopic (exact) mass is 335 g/mol. The maximum atomic E-state index is 8.90. The largest absolute Gasteiger partial charge is 0.457 e. The Hall–Kier alpha value is -1.36. The Kier molecular flexibility index (Phi) is 5.59. The third-order valence-electron chi connectivity index (χ3n) is 2.94. The third-order valence-corrected chi connectivity index (χ3v) is 3.43. The van der Waals surface area contributed by atoms with Gasteiger partial charge in [0.2, 0.25) is 0 Å². The number of aliphatic hydroxyl groups is 1. The van der Waals surface area contributed by atoms with Crippen LogP contribution in [0.4, 0.5) is 0 Å². The second kappa shape index (κ2) is 7.43. The number of benzene rings is 2. The van der Waals surface area contributed by atoms with Gasteiger partial charge in [-0.15, -0.1) is 0 Å². The van der Waals surface area contributed by atoms with E-state index in [0.29, 0.717) is 6.42 Å². The molecule has 0 amide bonds. The molecule has 2 N–H and O–H groups in total. The van der Waals surface area contributed by atoms with Crippen LogP contribution in [0.1, 0.15) is 11.1 Å². The molecule has 0 atom stereocenters. The highest BCUT2D eigenvalue weighted by molar-refractivity contribution is 9.10. The number of ether oxygens (including phenoxy) is 1. The summed E-state index contributed by atoms with van der Waals surface area (Å²) < 4.78 is 6.96. The second-order valence-electron chi connectivity index (χ2n) is 4.50. The number of halogens is 1. The molecular formula is C16H18BrNO2. The molecule has 2 rings (SSSR count). The van der Waals surface area contributed by atoms with Gasteiger partial charge in [0.1, 0.15) is 11.5 Å². The van der Waals surface area contributed by atoms with E-state index in [2.05, 4.69) is 21.2 Å². The summed E-state index contributed by atoms with van der Waals surface area (Å²) in [5, 5.41) is 12.0. The standard InChI is InChI=1S/C16H18BrNO2/c1-18-11-13-10-14(17)4-7-16(13)20-15-5-2-12(3-6-15)8-9-19/h2-7,10,18-19H,8-9,11H2,1H3. The Labute approximate surface area is 127 Å². The number of hydrogen-bond donors (Lipinski definition) is 2. The predicted octanol–water partition coefficient (Wildman–Crippen LogP) is 3.50. The number of hydrogen-bond acceptors (Lipinski definition) is 3. The van der Waals surface area contributed by atoms with Crippen LogP contribution in [0.2, 0.25) is 0 Å². The van der Waals surface area contributed by atoms with Crippen molar-refractivity contribution in [2.24, 2.45) is 0 Å². The van der Waals surface area contributed by atoms with E-state index in [0.717, 1.165) is 33.6 Å². The normalized spacial score (nSPS) is 10.6. The van der Waals surface area contributed by atoms with Crippen LogP contribution in [0.3, 0.4) is 0 Å². The molecule has 2 aromatic rings. The van der Waals surface area contributed by atoms with E-state index in [1.807, 2.05) is 49.5 Å². The SMILES string of the molecule is CNCc1cc(Br)ccc1Oc1ccc(CCO)cc1. The van der Waals surface area contributed by atoms with Crippen molar-refractivity contribution in [1.29, 1.82) is 0 Å². The summed E-state index contributed by atoms with van der Waals surface area (Å²) in [7, 11) is 1.91. The first kappa shape index (κ1) is 15.0. The smallest absolute Gasteiger partial charge is 0.131 e. The number of nitrogens with one attached hydrogen (secondary N) is 1. The maximum Gasteiger partial charge on any atom is 0.131 e. The highest BCUT2D eigenvalue weighted by atomic mass is 79.9. The lowest BCUT2D eigenvalue weighted by atomic mass is 10.1. The van der Waals surface area contributed by atoms with E-state index in [4.69, 9.17) is 9.84 Å². The van der Waals surface area contributed by atoms with Crippen LogP contribution in [0.5, 0.6) is 11.5 Å². The first-order valence-electron chi connectivity index (χ1n) is 6.53. The van der Waals surface area contributed by atoms with Crippen LogP contribution in [-0.4, -0.2) is 18.8 Å². The van der Waals surface area contributed by atoms with Crippen LogP contribution in [0, 0.1) is 0 Å². The first-order chi connectivity index (χ1) is 9.72. The van der Waals surface area contributed by atoms with Gasteiger partial charge >= 0.3 is 0 Å². The van der Waals surface area contributed by atoms with E-state index < -0.39 is 0 Å². The summed E-state index contributed by atoms with van der Waals surface area (Å²) in [4.78, 5) is 0. The van der Waals surface area contributed by atoms with Gasteiger partial charge in [-0.2, -0.15) is 0 Å². The van der Waals surface area contributed by atoms with Crippen molar-refractivity contribution < 1.29 is 9.84 Å². The molecule has 0 aliphatic rings. The average molecular weight is 336 g/mol. The van der Waals surface area contributed by atoms with Crippen molar-refractivity contribution in [3.8, 4) is 11.5 Å². The molecule has 0 aromatic heterocycles. The lowest BCUT2D eigenvalue weighted by Gasteiger charge is -2.12. The van der Waals surface area contributed by atoms with Crippen LogP contribution < -0.4 is 10.1 Å². The summed E-state index contributed by atoms with van der Waals surface area (Å²) in [6.07, 6.45) is 0.670. The Morgan fingerprint density at radius 3 is 2.55 bits per heavy atom. The Morgan fingerprint density at radius 2 is 1.90 bits per heavy atom. The van der Waals surface area contributed by atoms with E-state index in [9.17, 15) is 0 Å². The fourth-order valence-electron chi connectivity index (χ4n) is 1.96. The number of aliphatic hydroxyl groups excluding tert-OH is 1. The lowest BCUT2D eigenvalue weighted by molar-refractivity contribution is 0.299. The predicted molar refractivity (Wildman–Crippen MR) is 84.2 cm³/mol. The zero-order valence-corrected chi connectivity index (χ0v) is 13.0. The van der Waals surface area contributed by atoms with Crippen LogP contribution in [-0.2, 0) is 13.0 Å². The molecule has 0 heterocycles. The van der Waals surface area contributed by atoms with Gasteiger partial charge in [-0.3, -0.25) is 0 Å². The molecule has 0 saturated carbocycles. The van der Waals surface area contributed by atoms with E-state index in [-0.39, 0.29) is 6.61 Å². The fourth-order valence-corrected chi connectivity index (χ4v) is 2.36. The molecule has 0 radical (unpaired) electrons. The van der Waals surface area contributed by atoms with Gasteiger partial charge in [0.05, 0.1) is 0 Å². The molecule has 0 aliphatic carbocycles. The van der Waals surface area contributed by atoms with Crippen LogP contribution >= 0.6 is 15.9 Å². The molecule has 0 spiro atoms. The zero-order chi connectivity index (χ0) is 14.4. The van der Waals surface area contributed by atoms with Crippen molar-refractivity contribution >= 4 is 15.9 Å². The van der Waals surface area contributed by atoms with Gasteiger partial charge in [-0.05, 0) is 49.4 Å². The molecule has 0 unspecified atom stereocenters. The molecule has 0 bridgehead atoms. The van der Waals surface area contributed by atoms with E-state index >= 15 is 0 Å². The minimum absolute atomic E-state index is 0.166. The molecule has 4 heteroatoms. The number of rotatable bonds is 6. The molecule has 0 saturated heterocycles. The molecule has 0 aliphatic heterocycles. The summed E-state index contributed by atoms with van der Waals surface area (Å²) in [6.45, 7) is 0.913. The first-order valence-corrected chi connectivity index (χ1v) is 7.33. The van der Waals surface area contributed by atoms with Crippen LogP contribution in [0.15, 0.2) is 46.9 Å². The highest BCUT2D eigenvalue weighted by Crippen LogP contribution is 2.28. The average Bonchev–Trinajstić information content (AvgIpc) is 2.44. The van der Waals surface area contributed by atoms with Crippen molar-refractivity contribution in [3.05, 3.63) is 58.1 Å². The fraction of sp³-hybridized carbons (Fsp3) is 0.250. The van der Waals surface area contributed by atoms with E-state index in [1.165, 1.54) is 0 Å². The summed E-state index contributed by atoms with van der Waals surface area (Å²) in [6, 6.07) is 13.8. The van der Waals surface area contributed by atoms with Gasteiger partial charge in [0.15, 0.2) is 0 Å². The van der Waals surface area contributed by atoms with Crippen molar-refractivity contribution in [1.82, 2.24) is 5.32 Å². The highest BCUT2D eigenvalue weighted by Gasteiger charge is 2.05. The van der Waals surface area contributed by atoms with Gasteiger partial charge in [0, 0.05) is 23.2 Å². The molecule has 0 fully saturated rings. The molecular weight excluding hydrogens is 318 g/mol. The summed E-state index contributed by atoms with van der Waals surface area (Å²) >= 11 is 3.47.